The van der Waals surface area contributed by atoms with Crippen LogP contribution in [0.3, 0.4) is 0 Å². The zero-order valence-electron chi connectivity index (χ0n) is 18.7. The summed E-state index contributed by atoms with van der Waals surface area (Å²) < 4.78 is 8.21. The number of benzene rings is 1. The number of aryl methyl sites for hydroxylation is 3. The number of para-hydroxylation sites is 1. The molecule has 0 unspecified atom stereocenters. The topological polar surface area (TPSA) is 62.6 Å². The van der Waals surface area contributed by atoms with Gasteiger partial charge in [-0.2, -0.15) is 5.10 Å². The van der Waals surface area contributed by atoms with E-state index >= 15 is 0 Å². The number of amides is 1. The van der Waals surface area contributed by atoms with Crippen molar-refractivity contribution in [1.82, 2.24) is 19.6 Å². The Morgan fingerprint density at radius 2 is 2.10 bits per heavy atom. The molecule has 2 aromatic rings. The molecule has 1 aromatic heterocycles. The van der Waals surface area contributed by atoms with Gasteiger partial charge in [0.1, 0.15) is 0 Å². The fraction of sp³-hybridized carbons (Fsp3) is 0.583. The SMILES string of the molecule is Cc1nn(C)cc1CN1CCOC2(CCN(C(=O)c3cccc4c3NCCC4)CC2)C1. The van der Waals surface area contributed by atoms with E-state index in [1.54, 1.807) is 0 Å². The Kier molecular flexibility index (Phi) is 5.48. The van der Waals surface area contributed by atoms with Gasteiger partial charge in [0.25, 0.3) is 5.91 Å². The summed E-state index contributed by atoms with van der Waals surface area (Å²) in [5.41, 5.74) is 5.39. The number of carbonyl (C=O) groups is 1. The number of aromatic nitrogens is 2. The van der Waals surface area contributed by atoms with E-state index in [4.69, 9.17) is 4.74 Å². The van der Waals surface area contributed by atoms with Crippen LogP contribution in [0.5, 0.6) is 0 Å². The van der Waals surface area contributed by atoms with Gasteiger partial charge in [0.15, 0.2) is 0 Å². The Labute approximate surface area is 184 Å². The van der Waals surface area contributed by atoms with E-state index in [0.717, 1.165) is 88.5 Å². The maximum atomic E-state index is 13.3. The molecule has 2 fully saturated rings. The molecule has 1 N–H and O–H groups in total. The number of rotatable bonds is 3. The van der Waals surface area contributed by atoms with Gasteiger partial charge in [-0.15, -0.1) is 0 Å². The standard InChI is InChI=1S/C24H33N5O2/c1-18-20(15-27(2)26-18)16-28-13-14-31-24(17-28)8-11-29(12-9-24)23(30)21-7-3-5-19-6-4-10-25-22(19)21/h3,5,7,15,25H,4,6,8-14,16-17H2,1-2H3. The van der Waals surface area contributed by atoms with E-state index in [0.29, 0.717) is 0 Å². The number of morpholine rings is 1. The molecule has 7 nitrogen and oxygen atoms in total. The summed E-state index contributed by atoms with van der Waals surface area (Å²) in [5.74, 6) is 0.153. The highest BCUT2D eigenvalue weighted by atomic mass is 16.5. The number of carbonyl (C=O) groups excluding carboxylic acids is 1. The molecule has 1 aromatic carbocycles. The van der Waals surface area contributed by atoms with Gasteiger partial charge in [0, 0.05) is 58.1 Å². The highest BCUT2D eigenvalue weighted by Gasteiger charge is 2.41. The Balaban J connectivity index is 1.23. The summed E-state index contributed by atoms with van der Waals surface area (Å²) in [7, 11) is 1.98. The summed E-state index contributed by atoms with van der Waals surface area (Å²) in [6, 6.07) is 6.13. The van der Waals surface area contributed by atoms with Crippen LogP contribution in [-0.4, -0.2) is 70.4 Å². The largest absolute Gasteiger partial charge is 0.384 e. The monoisotopic (exact) mass is 423 g/mol. The van der Waals surface area contributed by atoms with Crippen molar-refractivity contribution in [3.8, 4) is 0 Å². The molecule has 3 aliphatic rings. The second-order valence-electron chi connectivity index (χ2n) is 9.32. The van der Waals surface area contributed by atoms with Crippen LogP contribution < -0.4 is 5.32 Å². The minimum absolute atomic E-state index is 0.139. The van der Waals surface area contributed by atoms with Gasteiger partial charge in [-0.25, -0.2) is 0 Å². The lowest BCUT2D eigenvalue weighted by Gasteiger charge is -2.47. The van der Waals surface area contributed by atoms with Crippen molar-refractivity contribution < 1.29 is 9.53 Å². The van der Waals surface area contributed by atoms with E-state index in [1.807, 2.05) is 28.8 Å². The number of fused-ring (bicyclic) bond motifs is 1. The smallest absolute Gasteiger partial charge is 0.255 e. The normalized spacial score (nSPS) is 21.0. The first-order valence-electron chi connectivity index (χ1n) is 11.5. The molecular weight excluding hydrogens is 390 g/mol. The quantitative estimate of drug-likeness (QED) is 0.822. The van der Waals surface area contributed by atoms with Crippen molar-refractivity contribution >= 4 is 11.6 Å². The molecule has 0 atom stereocenters. The van der Waals surface area contributed by atoms with E-state index in [2.05, 4.69) is 34.5 Å². The third-order valence-corrected chi connectivity index (χ3v) is 7.10. The van der Waals surface area contributed by atoms with Crippen LogP contribution in [0.4, 0.5) is 5.69 Å². The molecule has 0 saturated carbocycles. The maximum Gasteiger partial charge on any atom is 0.255 e. The lowest BCUT2D eigenvalue weighted by atomic mass is 9.88. The molecule has 1 spiro atoms. The summed E-state index contributed by atoms with van der Waals surface area (Å²) in [6.45, 7) is 8.06. The number of nitrogens with zero attached hydrogens (tertiary/aromatic N) is 4. The predicted octanol–water partition coefficient (Wildman–Crippen LogP) is 2.59. The van der Waals surface area contributed by atoms with Crippen molar-refractivity contribution in [3.05, 3.63) is 46.8 Å². The summed E-state index contributed by atoms with van der Waals surface area (Å²) in [4.78, 5) is 17.8. The van der Waals surface area contributed by atoms with Crippen molar-refractivity contribution in [1.29, 1.82) is 0 Å². The maximum absolute atomic E-state index is 13.3. The molecule has 2 saturated heterocycles. The molecular formula is C24H33N5O2. The molecule has 3 aliphatic heterocycles. The second-order valence-corrected chi connectivity index (χ2v) is 9.32. The highest BCUT2D eigenvalue weighted by Crippen LogP contribution is 2.33. The van der Waals surface area contributed by atoms with Gasteiger partial charge in [-0.05, 0) is 44.2 Å². The fourth-order valence-corrected chi connectivity index (χ4v) is 5.38. The van der Waals surface area contributed by atoms with Gasteiger partial charge < -0.3 is 15.0 Å². The summed E-state index contributed by atoms with van der Waals surface area (Å²) >= 11 is 0. The summed E-state index contributed by atoms with van der Waals surface area (Å²) in [5, 5.41) is 7.94. The van der Waals surface area contributed by atoms with Crippen molar-refractivity contribution in [2.24, 2.45) is 7.05 Å². The van der Waals surface area contributed by atoms with Crippen LogP contribution in [0.15, 0.2) is 24.4 Å². The first-order chi connectivity index (χ1) is 15.0. The third-order valence-electron chi connectivity index (χ3n) is 7.10. The van der Waals surface area contributed by atoms with Crippen molar-refractivity contribution in [3.63, 3.8) is 0 Å². The molecule has 0 aliphatic carbocycles. The average Bonchev–Trinajstić information content (AvgIpc) is 3.10. The van der Waals surface area contributed by atoms with Gasteiger partial charge in [0.05, 0.1) is 29.2 Å². The zero-order chi connectivity index (χ0) is 21.4. The van der Waals surface area contributed by atoms with Crippen LogP contribution in [-0.2, 0) is 24.8 Å². The number of hydrogen-bond donors (Lipinski definition) is 1. The Morgan fingerprint density at radius 3 is 2.87 bits per heavy atom. The Hall–Kier alpha value is -2.38. The number of ether oxygens (including phenoxy) is 1. The van der Waals surface area contributed by atoms with E-state index in [9.17, 15) is 4.79 Å². The summed E-state index contributed by atoms with van der Waals surface area (Å²) in [6.07, 6.45) is 6.08. The average molecular weight is 424 g/mol. The third kappa shape index (κ3) is 4.08. The minimum Gasteiger partial charge on any atom is -0.384 e. The molecule has 5 rings (SSSR count). The first-order valence-corrected chi connectivity index (χ1v) is 11.5. The molecule has 1 amide bonds. The molecule has 0 radical (unpaired) electrons. The lowest BCUT2D eigenvalue weighted by Crippen LogP contribution is -2.57. The Morgan fingerprint density at radius 1 is 1.26 bits per heavy atom. The molecule has 4 heterocycles. The predicted molar refractivity (Wildman–Crippen MR) is 120 cm³/mol. The minimum atomic E-state index is -0.139. The van der Waals surface area contributed by atoms with E-state index in [-0.39, 0.29) is 11.5 Å². The molecule has 166 valence electrons. The molecule has 0 bridgehead atoms. The number of hydrogen-bond acceptors (Lipinski definition) is 5. The number of likely N-dealkylation sites (tertiary alicyclic amines) is 1. The number of nitrogens with one attached hydrogen (secondary N) is 1. The van der Waals surface area contributed by atoms with E-state index in [1.165, 1.54) is 11.1 Å². The van der Waals surface area contributed by atoms with Crippen LogP contribution in [0.2, 0.25) is 0 Å². The lowest BCUT2D eigenvalue weighted by molar-refractivity contribution is -0.134. The Bertz CT molecular complexity index is 961. The number of piperidine rings is 1. The van der Waals surface area contributed by atoms with Crippen LogP contribution in [0.25, 0.3) is 0 Å². The van der Waals surface area contributed by atoms with E-state index < -0.39 is 0 Å². The van der Waals surface area contributed by atoms with Gasteiger partial charge in [-0.3, -0.25) is 14.4 Å². The van der Waals surface area contributed by atoms with Gasteiger partial charge in [-0.1, -0.05) is 12.1 Å². The zero-order valence-corrected chi connectivity index (χ0v) is 18.7. The van der Waals surface area contributed by atoms with Crippen LogP contribution >= 0.6 is 0 Å². The molecule has 7 heteroatoms. The van der Waals surface area contributed by atoms with Crippen LogP contribution in [0, 0.1) is 6.92 Å². The second kappa shape index (κ2) is 8.28. The van der Waals surface area contributed by atoms with Crippen molar-refractivity contribution in [2.75, 3.05) is 44.6 Å². The van der Waals surface area contributed by atoms with Crippen LogP contribution in [0.1, 0.15) is 46.4 Å². The van der Waals surface area contributed by atoms with Crippen molar-refractivity contribution in [2.45, 2.75) is 44.8 Å². The first kappa shape index (κ1) is 20.5. The highest BCUT2D eigenvalue weighted by molar-refractivity contribution is 6.00. The number of anilines is 1. The van der Waals surface area contributed by atoms with Gasteiger partial charge in [0.2, 0.25) is 0 Å². The fourth-order valence-electron chi connectivity index (χ4n) is 5.38. The molecule has 31 heavy (non-hydrogen) atoms. The van der Waals surface area contributed by atoms with Gasteiger partial charge >= 0.3 is 0 Å².